The molecule has 1 amide bonds. The third-order valence-electron chi connectivity index (χ3n) is 4.90. The Morgan fingerprint density at radius 1 is 1.25 bits per heavy atom. The summed E-state index contributed by atoms with van der Waals surface area (Å²) in [6, 6.07) is 4.02. The Morgan fingerprint density at radius 2 is 1.89 bits per heavy atom. The molecule has 0 saturated heterocycles. The van der Waals surface area contributed by atoms with Crippen LogP contribution in [0, 0.1) is 10.1 Å². The monoisotopic (exact) mass is 412 g/mol. The molecule has 0 radical (unpaired) electrons. The number of nitro benzene ring substituents is 1. The number of anilines is 1. The number of hydrogen-bond donors (Lipinski definition) is 2. The number of amides is 1. The number of hydrogen-bond acceptors (Lipinski definition) is 6. The van der Waals surface area contributed by atoms with Crippen molar-refractivity contribution in [3.8, 4) is 0 Å². The normalized spacial score (nSPS) is 15.0. The van der Waals surface area contributed by atoms with Gasteiger partial charge in [0.25, 0.3) is 5.69 Å². The van der Waals surface area contributed by atoms with Gasteiger partial charge in [-0.15, -0.1) is 0 Å². The number of nitrogens with one attached hydrogen (secondary N) is 2. The molecule has 0 atom stereocenters. The number of nitro groups is 1. The van der Waals surface area contributed by atoms with E-state index in [2.05, 4.69) is 10.6 Å². The first kappa shape index (κ1) is 22.1. The van der Waals surface area contributed by atoms with E-state index in [9.17, 15) is 23.3 Å². The Bertz CT molecular complexity index is 802. The molecule has 0 aliphatic heterocycles. The van der Waals surface area contributed by atoms with Crippen LogP contribution in [0.1, 0.15) is 46.0 Å². The van der Waals surface area contributed by atoms with Gasteiger partial charge in [0.1, 0.15) is 5.69 Å². The molecule has 0 bridgehead atoms. The van der Waals surface area contributed by atoms with Crippen LogP contribution in [0.2, 0.25) is 0 Å². The van der Waals surface area contributed by atoms with E-state index in [4.69, 9.17) is 0 Å². The van der Waals surface area contributed by atoms with Gasteiger partial charge in [-0.05, 0) is 25.0 Å². The second-order valence-corrected chi connectivity index (χ2v) is 8.69. The quantitative estimate of drug-likeness (QED) is 0.450. The van der Waals surface area contributed by atoms with Crippen LogP contribution in [-0.4, -0.2) is 49.2 Å². The molecule has 1 fully saturated rings. The molecule has 2 N–H and O–H groups in total. The van der Waals surface area contributed by atoms with Gasteiger partial charge in [0.2, 0.25) is 15.9 Å². The summed E-state index contributed by atoms with van der Waals surface area (Å²) in [5.41, 5.74) is -0.137. The van der Waals surface area contributed by atoms with Crippen LogP contribution in [0.15, 0.2) is 23.1 Å². The molecule has 0 unspecified atom stereocenters. The number of carbonyl (C=O) groups is 1. The zero-order valence-corrected chi connectivity index (χ0v) is 17.1. The van der Waals surface area contributed by atoms with Crippen LogP contribution in [0.3, 0.4) is 0 Å². The fraction of sp³-hybridized carbons (Fsp3) is 0.611. The Labute approximate surface area is 165 Å². The molecule has 1 aliphatic rings. The summed E-state index contributed by atoms with van der Waals surface area (Å²) < 4.78 is 26.4. The van der Waals surface area contributed by atoms with Crippen LogP contribution >= 0.6 is 0 Å². The summed E-state index contributed by atoms with van der Waals surface area (Å²) in [6.45, 7) is 4.21. The molecule has 28 heavy (non-hydrogen) atoms. The van der Waals surface area contributed by atoms with E-state index in [0.29, 0.717) is 0 Å². The van der Waals surface area contributed by atoms with E-state index >= 15 is 0 Å². The molecular weight excluding hydrogens is 384 g/mol. The minimum absolute atomic E-state index is 0.0946. The predicted octanol–water partition coefficient (Wildman–Crippen LogP) is 2.49. The summed E-state index contributed by atoms with van der Waals surface area (Å²) in [5, 5.41) is 17.2. The first-order valence-corrected chi connectivity index (χ1v) is 11.0. The molecule has 156 valence electrons. The van der Waals surface area contributed by atoms with Crippen LogP contribution in [-0.2, 0) is 14.8 Å². The Hall–Kier alpha value is -2.20. The van der Waals surface area contributed by atoms with Gasteiger partial charge in [-0.3, -0.25) is 14.9 Å². The first-order chi connectivity index (χ1) is 13.3. The van der Waals surface area contributed by atoms with Gasteiger partial charge >= 0.3 is 0 Å². The summed E-state index contributed by atoms with van der Waals surface area (Å²) in [5.74, 6) is -0.0946. The van der Waals surface area contributed by atoms with Gasteiger partial charge < -0.3 is 10.6 Å². The van der Waals surface area contributed by atoms with E-state index in [1.807, 2.05) is 0 Å². The topological polar surface area (TPSA) is 122 Å². The molecule has 0 heterocycles. The molecule has 9 nitrogen and oxygen atoms in total. The van der Waals surface area contributed by atoms with Crippen molar-refractivity contribution in [1.29, 1.82) is 0 Å². The lowest BCUT2D eigenvalue weighted by Crippen LogP contribution is -2.33. The number of carbonyl (C=O) groups excluding carboxylic acids is 1. The maximum atomic E-state index is 12.6. The van der Waals surface area contributed by atoms with Gasteiger partial charge in [0.15, 0.2) is 0 Å². The molecule has 1 aromatic carbocycles. The van der Waals surface area contributed by atoms with Gasteiger partial charge in [-0.1, -0.05) is 26.7 Å². The van der Waals surface area contributed by atoms with Crippen molar-refractivity contribution < 1.29 is 18.1 Å². The Kier molecular flexibility index (Phi) is 7.76. The molecule has 2 rings (SSSR count). The molecule has 1 saturated carbocycles. The van der Waals surface area contributed by atoms with E-state index in [-0.39, 0.29) is 54.3 Å². The van der Waals surface area contributed by atoms with Gasteiger partial charge in [0, 0.05) is 38.2 Å². The minimum Gasteiger partial charge on any atom is -0.379 e. The van der Waals surface area contributed by atoms with E-state index in [0.717, 1.165) is 31.7 Å². The molecule has 0 aromatic heterocycles. The highest BCUT2D eigenvalue weighted by Crippen LogP contribution is 2.29. The lowest BCUT2D eigenvalue weighted by Gasteiger charge is -2.18. The van der Waals surface area contributed by atoms with Crippen molar-refractivity contribution >= 4 is 27.3 Å². The minimum atomic E-state index is -3.78. The first-order valence-electron chi connectivity index (χ1n) is 9.61. The Balaban J connectivity index is 2.06. The van der Waals surface area contributed by atoms with Gasteiger partial charge in [-0.25, -0.2) is 8.42 Å². The van der Waals surface area contributed by atoms with Crippen LogP contribution in [0.4, 0.5) is 11.4 Å². The smallest absolute Gasteiger partial charge is 0.293 e. The summed E-state index contributed by atoms with van der Waals surface area (Å²) in [7, 11) is -3.78. The van der Waals surface area contributed by atoms with Crippen LogP contribution in [0.5, 0.6) is 0 Å². The third kappa shape index (κ3) is 5.41. The van der Waals surface area contributed by atoms with Crippen molar-refractivity contribution in [2.24, 2.45) is 0 Å². The lowest BCUT2D eigenvalue weighted by molar-refractivity contribution is -0.384. The number of nitrogens with zero attached hydrogens (tertiary/aromatic N) is 2. The van der Waals surface area contributed by atoms with Crippen molar-refractivity contribution in [3.63, 3.8) is 0 Å². The zero-order valence-electron chi connectivity index (χ0n) is 16.3. The fourth-order valence-corrected chi connectivity index (χ4v) is 4.84. The summed E-state index contributed by atoms with van der Waals surface area (Å²) in [6.07, 6.45) is 4.42. The lowest BCUT2D eigenvalue weighted by atomic mass is 10.2. The third-order valence-corrected chi connectivity index (χ3v) is 6.94. The largest absolute Gasteiger partial charge is 0.379 e. The number of sulfonamides is 1. The Morgan fingerprint density at radius 3 is 2.46 bits per heavy atom. The van der Waals surface area contributed by atoms with E-state index in [1.54, 1.807) is 13.8 Å². The van der Waals surface area contributed by atoms with Crippen LogP contribution in [0.25, 0.3) is 0 Å². The van der Waals surface area contributed by atoms with Crippen molar-refractivity contribution in [3.05, 3.63) is 28.3 Å². The molecule has 1 aromatic rings. The molecular formula is C18H28N4O5S. The zero-order chi connectivity index (χ0) is 20.7. The highest BCUT2D eigenvalue weighted by Gasteiger charge is 2.25. The highest BCUT2D eigenvalue weighted by atomic mass is 32.2. The summed E-state index contributed by atoms with van der Waals surface area (Å²) in [4.78, 5) is 22.6. The maximum Gasteiger partial charge on any atom is 0.293 e. The van der Waals surface area contributed by atoms with E-state index < -0.39 is 14.9 Å². The van der Waals surface area contributed by atoms with Gasteiger partial charge in [0.05, 0.1) is 9.82 Å². The number of benzene rings is 1. The van der Waals surface area contributed by atoms with Crippen molar-refractivity contribution in [1.82, 2.24) is 9.62 Å². The molecule has 10 heteroatoms. The SMILES string of the molecule is CCN(CC)S(=O)(=O)c1ccc(NCCC(=O)NC2CCCC2)c([N+](=O)[O-])c1. The average Bonchev–Trinajstić information content (AvgIpc) is 3.15. The molecule has 0 spiro atoms. The second-order valence-electron chi connectivity index (χ2n) is 6.75. The predicted molar refractivity (Wildman–Crippen MR) is 107 cm³/mol. The standard InChI is InChI=1S/C18H28N4O5S/c1-3-21(4-2)28(26,27)15-9-10-16(17(13-15)22(24)25)19-12-11-18(23)20-14-7-5-6-8-14/h9-10,13-14,19H,3-8,11-12H2,1-2H3,(H,20,23). The van der Waals surface area contributed by atoms with Crippen LogP contribution < -0.4 is 10.6 Å². The van der Waals surface area contributed by atoms with Crippen molar-refractivity contribution in [2.45, 2.75) is 56.9 Å². The second kappa shape index (κ2) is 9.83. The number of rotatable bonds is 10. The average molecular weight is 413 g/mol. The maximum absolute atomic E-state index is 12.6. The van der Waals surface area contributed by atoms with Gasteiger partial charge in [-0.2, -0.15) is 4.31 Å². The molecule has 1 aliphatic carbocycles. The van der Waals surface area contributed by atoms with Crippen molar-refractivity contribution in [2.75, 3.05) is 25.0 Å². The summed E-state index contributed by atoms with van der Waals surface area (Å²) >= 11 is 0. The van der Waals surface area contributed by atoms with E-state index in [1.165, 1.54) is 16.4 Å². The fourth-order valence-electron chi connectivity index (χ4n) is 3.37. The highest BCUT2D eigenvalue weighted by molar-refractivity contribution is 7.89.